The highest BCUT2D eigenvalue weighted by molar-refractivity contribution is 7.11. The molecule has 0 saturated carbocycles. The number of aldehydes is 2. The second-order valence-electron chi connectivity index (χ2n) is 2.51. The molecule has 0 N–H and O–H groups in total. The minimum absolute atomic E-state index is 0.479. The molecule has 0 bridgehead atoms. The molecule has 76 valence electrons. The molecule has 0 aliphatic carbocycles. The van der Waals surface area contributed by atoms with Crippen molar-refractivity contribution < 1.29 is 9.59 Å². The normalized spacial score (nSPS) is 8.53. The summed E-state index contributed by atoms with van der Waals surface area (Å²) in [4.78, 5) is 24.3. The Labute approximate surface area is 91.4 Å². The van der Waals surface area contributed by atoms with E-state index in [0.717, 1.165) is 17.4 Å². The monoisotopic (exact) mass is 219 g/mol. The first-order valence-corrected chi connectivity index (χ1v) is 5.09. The van der Waals surface area contributed by atoms with Crippen LogP contribution >= 0.6 is 11.3 Å². The van der Waals surface area contributed by atoms with E-state index in [1.54, 1.807) is 30.5 Å². The van der Waals surface area contributed by atoms with E-state index < -0.39 is 0 Å². The number of nitrogens with zero attached hydrogens (tertiary/aromatic N) is 1. The topological polar surface area (TPSA) is 47.0 Å². The molecule has 0 spiro atoms. The summed E-state index contributed by atoms with van der Waals surface area (Å²) in [5.74, 6) is 0. The predicted octanol–water partition coefficient (Wildman–Crippen LogP) is 2.45. The predicted molar refractivity (Wildman–Crippen MR) is 59.3 cm³/mol. The number of thiophene rings is 1. The number of hydrogen-bond acceptors (Lipinski definition) is 4. The van der Waals surface area contributed by atoms with Gasteiger partial charge in [0.15, 0.2) is 12.6 Å². The molecule has 0 aliphatic heterocycles. The summed E-state index contributed by atoms with van der Waals surface area (Å²) in [6.45, 7) is 0. The van der Waals surface area contributed by atoms with Crippen LogP contribution in [0, 0.1) is 0 Å². The van der Waals surface area contributed by atoms with Crippen LogP contribution in [0.15, 0.2) is 41.9 Å². The van der Waals surface area contributed by atoms with Gasteiger partial charge in [-0.2, -0.15) is 0 Å². The van der Waals surface area contributed by atoms with Gasteiger partial charge in [0.25, 0.3) is 0 Å². The number of carbonyl (C=O) groups excluding carboxylic acids is 2. The van der Waals surface area contributed by atoms with Gasteiger partial charge in [0, 0.05) is 6.20 Å². The fourth-order valence-electron chi connectivity index (χ4n) is 0.804. The standard InChI is InChI=1S/C6H5NO.C5H4OS/c8-5-6-3-1-2-4-7-6;6-4-5-2-1-3-7-5/h1-5H;1-4H. The van der Waals surface area contributed by atoms with E-state index in [2.05, 4.69) is 4.98 Å². The molecule has 0 aromatic carbocycles. The van der Waals surface area contributed by atoms with Crippen LogP contribution in [0.1, 0.15) is 20.2 Å². The lowest BCUT2D eigenvalue weighted by Gasteiger charge is -1.81. The van der Waals surface area contributed by atoms with Crippen LogP contribution < -0.4 is 0 Å². The van der Waals surface area contributed by atoms with E-state index in [1.165, 1.54) is 11.3 Å². The maximum absolute atomic E-state index is 9.94. The summed E-state index contributed by atoms with van der Waals surface area (Å²) in [6.07, 6.45) is 3.16. The average Bonchev–Trinajstić information content (AvgIpc) is 2.84. The van der Waals surface area contributed by atoms with E-state index in [4.69, 9.17) is 0 Å². The zero-order valence-electron chi connectivity index (χ0n) is 7.87. The molecule has 2 rings (SSSR count). The molecule has 4 heteroatoms. The zero-order valence-corrected chi connectivity index (χ0v) is 8.68. The van der Waals surface area contributed by atoms with Crippen LogP contribution in [0.5, 0.6) is 0 Å². The van der Waals surface area contributed by atoms with Crippen molar-refractivity contribution >= 4 is 23.9 Å². The van der Waals surface area contributed by atoms with Gasteiger partial charge in [-0.25, -0.2) is 0 Å². The summed E-state index contributed by atoms with van der Waals surface area (Å²) in [5, 5.41) is 1.88. The molecular formula is C11H9NO2S. The van der Waals surface area contributed by atoms with Crippen molar-refractivity contribution in [2.24, 2.45) is 0 Å². The summed E-state index contributed by atoms with van der Waals surface area (Å²) >= 11 is 1.45. The Morgan fingerprint density at radius 3 is 2.27 bits per heavy atom. The third-order valence-electron chi connectivity index (χ3n) is 1.47. The van der Waals surface area contributed by atoms with E-state index in [0.29, 0.717) is 5.69 Å². The lowest BCUT2D eigenvalue weighted by Crippen LogP contribution is -1.80. The first-order chi connectivity index (χ1) is 7.36. The van der Waals surface area contributed by atoms with Crippen molar-refractivity contribution in [2.75, 3.05) is 0 Å². The van der Waals surface area contributed by atoms with Crippen molar-refractivity contribution in [3.05, 3.63) is 52.5 Å². The van der Waals surface area contributed by atoms with Crippen molar-refractivity contribution in [1.29, 1.82) is 0 Å². The Hall–Kier alpha value is -1.81. The second kappa shape index (κ2) is 6.62. The Morgan fingerprint density at radius 2 is 1.93 bits per heavy atom. The maximum atomic E-state index is 9.94. The Morgan fingerprint density at radius 1 is 1.07 bits per heavy atom. The molecule has 0 radical (unpaired) electrons. The number of pyridine rings is 1. The largest absolute Gasteiger partial charge is 0.297 e. The highest BCUT2D eigenvalue weighted by atomic mass is 32.1. The zero-order chi connectivity index (χ0) is 10.9. The second-order valence-corrected chi connectivity index (χ2v) is 3.48. The van der Waals surface area contributed by atoms with E-state index >= 15 is 0 Å². The van der Waals surface area contributed by atoms with Crippen molar-refractivity contribution in [1.82, 2.24) is 4.98 Å². The van der Waals surface area contributed by atoms with Crippen LogP contribution in [-0.2, 0) is 0 Å². The van der Waals surface area contributed by atoms with E-state index in [-0.39, 0.29) is 0 Å². The third-order valence-corrected chi connectivity index (χ3v) is 2.27. The minimum atomic E-state index is 0.479. The molecule has 0 unspecified atom stereocenters. The number of aromatic nitrogens is 1. The molecule has 0 fully saturated rings. The van der Waals surface area contributed by atoms with E-state index in [1.807, 2.05) is 11.4 Å². The van der Waals surface area contributed by atoms with Gasteiger partial charge in [0.1, 0.15) is 5.69 Å². The Kier molecular flexibility index (Phi) is 4.97. The van der Waals surface area contributed by atoms with Gasteiger partial charge < -0.3 is 0 Å². The van der Waals surface area contributed by atoms with Crippen LogP contribution in [0.25, 0.3) is 0 Å². The molecule has 2 aromatic rings. The van der Waals surface area contributed by atoms with Crippen molar-refractivity contribution in [3.8, 4) is 0 Å². The quantitative estimate of drug-likeness (QED) is 0.729. The lowest BCUT2D eigenvalue weighted by molar-refractivity contribution is 0.111. The van der Waals surface area contributed by atoms with E-state index in [9.17, 15) is 9.59 Å². The SMILES string of the molecule is O=Cc1ccccn1.O=Cc1cccs1. The molecule has 2 heterocycles. The number of rotatable bonds is 2. The number of hydrogen-bond donors (Lipinski definition) is 0. The molecule has 0 atom stereocenters. The first kappa shape index (κ1) is 11.3. The molecule has 0 amide bonds. The smallest absolute Gasteiger partial charge is 0.168 e. The third kappa shape index (κ3) is 4.28. The van der Waals surface area contributed by atoms with Gasteiger partial charge >= 0.3 is 0 Å². The molecule has 3 nitrogen and oxygen atoms in total. The lowest BCUT2D eigenvalue weighted by atomic mass is 10.4. The summed E-state index contributed by atoms with van der Waals surface area (Å²) in [6, 6.07) is 8.85. The van der Waals surface area contributed by atoms with Gasteiger partial charge in [-0.3, -0.25) is 14.6 Å². The van der Waals surface area contributed by atoms with Gasteiger partial charge in [-0.1, -0.05) is 12.1 Å². The summed E-state index contributed by atoms with van der Waals surface area (Å²) in [5.41, 5.74) is 0.479. The highest BCUT2D eigenvalue weighted by Gasteiger charge is 1.83. The van der Waals surface area contributed by atoms with Crippen LogP contribution in [0.3, 0.4) is 0 Å². The molecule has 2 aromatic heterocycles. The number of carbonyl (C=O) groups is 2. The van der Waals surface area contributed by atoms with Gasteiger partial charge in [0.05, 0.1) is 4.88 Å². The maximum Gasteiger partial charge on any atom is 0.168 e. The molecular weight excluding hydrogens is 210 g/mol. The van der Waals surface area contributed by atoms with Gasteiger partial charge in [-0.15, -0.1) is 11.3 Å². The van der Waals surface area contributed by atoms with Crippen LogP contribution in [-0.4, -0.2) is 17.6 Å². The van der Waals surface area contributed by atoms with Crippen LogP contribution in [0.4, 0.5) is 0 Å². The molecule has 0 saturated heterocycles. The van der Waals surface area contributed by atoms with Crippen LogP contribution in [0.2, 0.25) is 0 Å². The molecule has 15 heavy (non-hydrogen) atoms. The first-order valence-electron chi connectivity index (χ1n) is 4.21. The minimum Gasteiger partial charge on any atom is -0.297 e. The average molecular weight is 219 g/mol. The fourth-order valence-corrected chi connectivity index (χ4v) is 1.33. The highest BCUT2D eigenvalue weighted by Crippen LogP contribution is 2.03. The van der Waals surface area contributed by atoms with Crippen molar-refractivity contribution in [2.45, 2.75) is 0 Å². The Bertz CT molecular complexity index is 398. The van der Waals surface area contributed by atoms with Gasteiger partial charge in [-0.05, 0) is 23.6 Å². The van der Waals surface area contributed by atoms with Gasteiger partial charge in [0.2, 0.25) is 0 Å². The fraction of sp³-hybridized carbons (Fsp3) is 0. The Balaban J connectivity index is 0.000000151. The molecule has 0 aliphatic rings. The van der Waals surface area contributed by atoms with Crippen molar-refractivity contribution in [3.63, 3.8) is 0 Å². The summed E-state index contributed by atoms with van der Waals surface area (Å²) < 4.78 is 0. The summed E-state index contributed by atoms with van der Waals surface area (Å²) in [7, 11) is 0.